The van der Waals surface area contributed by atoms with Crippen molar-refractivity contribution in [3.63, 3.8) is 0 Å². The summed E-state index contributed by atoms with van der Waals surface area (Å²) < 4.78 is 1.75. The molecule has 2 heterocycles. The molecule has 0 spiro atoms. The molecule has 3 heteroatoms. The van der Waals surface area contributed by atoms with Gasteiger partial charge in [-0.05, 0) is 25.5 Å². The summed E-state index contributed by atoms with van der Waals surface area (Å²) in [5.74, 6) is 0.154. The van der Waals surface area contributed by atoms with E-state index in [-0.39, 0.29) is 11.4 Å². The number of nitrogens with zero attached hydrogens (tertiary/aromatic N) is 1. The van der Waals surface area contributed by atoms with Gasteiger partial charge in [0.25, 0.3) is 5.91 Å². The summed E-state index contributed by atoms with van der Waals surface area (Å²) in [5.41, 5.74) is 0.669. The molecule has 1 aliphatic heterocycles. The van der Waals surface area contributed by atoms with Crippen LogP contribution in [0.5, 0.6) is 0 Å². The Hall–Kier alpha value is -1.09. The predicted octanol–water partition coefficient (Wildman–Crippen LogP) is 1.40. The summed E-state index contributed by atoms with van der Waals surface area (Å²) in [4.78, 5) is 11.9. The minimum Gasteiger partial charge on any atom is -0.298 e. The van der Waals surface area contributed by atoms with Crippen molar-refractivity contribution in [1.82, 2.24) is 9.88 Å². The molecule has 2 rings (SSSR count). The minimum atomic E-state index is -0.383. The number of nitrogens with one attached hydrogen (secondary N) is 1. The Balaban J connectivity index is 2.43. The Bertz CT molecular complexity index is 342. The fourth-order valence-electron chi connectivity index (χ4n) is 1.66. The van der Waals surface area contributed by atoms with Gasteiger partial charge in [0.05, 0.1) is 5.54 Å². The van der Waals surface area contributed by atoms with Gasteiger partial charge in [0.2, 0.25) is 0 Å². The third-order valence-corrected chi connectivity index (χ3v) is 2.89. The molecule has 3 nitrogen and oxygen atoms in total. The van der Waals surface area contributed by atoms with E-state index >= 15 is 0 Å². The molecule has 0 saturated carbocycles. The van der Waals surface area contributed by atoms with Gasteiger partial charge in [0, 0.05) is 18.4 Å². The van der Waals surface area contributed by atoms with E-state index in [0.29, 0.717) is 0 Å². The number of aromatic nitrogens is 1. The quantitative estimate of drug-likeness (QED) is 0.705. The number of carbonyl (C=O) groups excluding carboxylic acids is 1. The fraction of sp³-hybridized carbons (Fsp3) is 0.500. The van der Waals surface area contributed by atoms with Gasteiger partial charge in [0.1, 0.15) is 0 Å². The van der Waals surface area contributed by atoms with Gasteiger partial charge in [-0.15, -0.1) is 0 Å². The van der Waals surface area contributed by atoms with Crippen LogP contribution in [0.4, 0.5) is 0 Å². The van der Waals surface area contributed by atoms with Crippen LogP contribution < -0.4 is 5.32 Å². The van der Waals surface area contributed by atoms with Crippen molar-refractivity contribution in [2.24, 2.45) is 0 Å². The lowest BCUT2D eigenvalue weighted by molar-refractivity contribution is 0.0736. The average molecular weight is 178 g/mol. The molecule has 1 aromatic rings. The average Bonchev–Trinajstić information content (AvgIpc) is 2.60. The van der Waals surface area contributed by atoms with Crippen LogP contribution >= 0.6 is 0 Å². The number of fused-ring (bicyclic) bond motifs is 1. The van der Waals surface area contributed by atoms with Crippen molar-refractivity contribution in [2.75, 3.05) is 0 Å². The second kappa shape index (κ2) is 2.70. The lowest BCUT2D eigenvalue weighted by atomic mass is 9.95. The molecule has 0 amide bonds. The second-order valence-electron chi connectivity index (χ2n) is 3.71. The maximum Gasteiger partial charge on any atom is 0.250 e. The van der Waals surface area contributed by atoms with Crippen LogP contribution in [-0.2, 0) is 6.54 Å². The molecule has 0 fully saturated rings. The van der Waals surface area contributed by atoms with E-state index < -0.39 is 0 Å². The van der Waals surface area contributed by atoms with E-state index in [1.165, 1.54) is 0 Å². The number of hydrogen-bond donors (Lipinski definition) is 1. The highest BCUT2D eigenvalue weighted by Gasteiger charge is 2.35. The molecule has 0 radical (unpaired) electrons. The van der Waals surface area contributed by atoms with Gasteiger partial charge in [-0.1, -0.05) is 6.92 Å². The first-order valence-corrected chi connectivity index (χ1v) is 4.63. The van der Waals surface area contributed by atoms with Crippen molar-refractivity contribution >= 4 is 5.91 Å². The number of hydrogen-bond acceptors (Lipinski definition) is 2. The largest absolute Gasteiger partial charge is 0.298 e. The Kier molecular flexibility index (Phi) is 1.77. The van der Waals surface area contributed by atoms with E-state index in [4.69, 9.17) is 0 Å². The first-order chi connectivity index (χ1) is 6.17. The standard InChI is InChI=1S/C10H14N2O/c1-3-10(2)9(13)12-6-4-5-8(12)7-11-10/h4-6,11H,3,7H2,1-2H3. The van der Waals surface area contributed by atoms with Crippen LogP contribution in [0.3, 0.4) is 0 Å². The maximum atomic E-state index is 11.9. The van der Waals surface area contributed by atoms with Crippen LogP contribution in [0.2, 0.25) is 0 Å². The van der Waals surface area contributed by atoms with Crippen molar-refractivity contribution < 1.29 is 4.79 Å². The summed E-state index contributed by atoms with van der Waals surface area (Å²) >= 11 is 0. The van der Waals surface area contributed by atoms with Gasteiger partial charge in [-0.25, -0.2) is 0 Å². The van der Waals surface area contributed by atoms with Gasteiger partial charge >= 0.3 is 0 Å². The first kappa shape index (κ1) is 8.51. The van der Waals surface area contributed by atoms with Crippen LogP contribution in [0.25, 0.3) is 0 Å². The number of carbonyl (C=O) groups is 1. The lowest BCUT2D eigenvalue weighted by Crippen LogP contribution is -2.54. The van der Waals surface area contributed by atoms with Gasteiger partial charge < -0.3 is 0 Å². The van der Waals surface area contributed by atoms with Crippen LogP contribution in [0.1, 0.15) is 30.8 Å². The molecular weight excluding hydrogens is 164 g/mol. The fourth-order valence-corrected chi connectivity index (χ4v) is 1.66. The third kappa shape index (κ3) is 1.11. The Labute approximate surface area is 77.7 Å². The molecule has 0 bridgehead atoms. The molecule has 70 valence electrons. The Morgan fingerprint density at radius 3 is 3.15 bits per heavy atom. The molecule has 1 aromatic heterocycles. The SMILES string of the molecule is CCC1(C)NCc2cccn2C1=O. The maximum absolute atomic E-state index is 11.9. The minimum absolute atomic E-state index is 0.154. The topological polar surface area (TPSA) is 34.0 Å². The predicted molar refractivity (Wildman–Crippen MR) is 50.6 cm³/mol. The molecule has 1 unspecified atom stereocenters. The van der Waals surface area contributed by atoms with Crippen molar-refractivity contribution in [1.29, 1.82) is 0 Å². The van der Waals surface area contributed by atoms with E-state index in [1.807, 2.05) is 32.2 Å². The van der Waals surface area contributed by atoms with Gasteiger partial charge in [-0.2, -0.15) is 0 Å². The molecule has 1 aliphatic rings. The van der Waals surface area contributed by atoms with Crippen LogP contribution in [-0.4, -0.2) is 16.0 Å². The Morgan fingerprint density at radius 2 is 2.46 bits per heavy atom. The van der Waals surface area contributed by atoms with Crippen molar-refractivity contribution in [2.45, 2.75) is 32.4 Å². The molecule has 0 aliphatic carbocycles. The van der Waals surface area contributed by atoms with Crippen LogP contribution in [0.15, 0.2) is 18.3 Å². The van der Waals surface area contributed by atoms with Crippen LogP contribution in [0, 0.1) is 0 Å². The smallest absolute Gasteiger partial charge is 0.250 e. The molecule has 13 heavy (non-hydrogen) atoms. The Morgan fingerprint density at radius 1 is 1.69 bits per heavy atom. The zero-order chi connectivity index (χ0) is 9.47. The monoisotopic (exact) mass is 178 g/mol. The van der Waals surface area contributed by atoms with E-state index in [0.717, 1.165) is 18.7 Å². The first-order valence-electron chi connectivity index (χ1n) is 4.63. The summed E-state index contributed by atoms with van der Waals surface area (Å²) in [5, 5.41) is 3.27. The summed E-state index contributed by atoms with van der Waals surface area (Å²) in [6.45, 7) is 4.76. The zero-order valence-corrected chi connectivity index (χ0v) is 8.00. The molecule has 0 saturated heterocycles. The van der Waals surface area contributed by atoms with E-state index in [9.17, 15) is 4.79 Å². The van der Waals surface area contributed by atoms with Crippen molar-refractivity contribution in [3.05, 3.63) is 24.0 Å². The van der Waals surface area contributed by atoms with E-state index in [1.54, 1.807) is 4.57 Å². The highest BCUT2D eigenvalue weighted by molar-refractivity contribution is 5.89. The molecular formula is C10H14N2O. The third-order valence-electron chi connectivity index (χ3n) is 2.89. The van der Waals surface area contributed by atoms with Gasteiger partial charge in [-0.3, -0.25) is 14.7 Å². The summed E-state index contributed by atoms with van der Waals surface area (Å²) in [6.07, 6.45) is 2.66. The zero-order valence-electron chi connectivity index (χ0n) is 8.00. The molecule has 0 aromatic carbocycles. The second-order valence-corrected chi connectivity index (χ2v) is 3.71. The van der Waals surface area contributed by atoms with Crippen molar-refractivity contribution in [3.8, 4) is 0 Å². The van der Waals surface area contributed by atoms with Gasteiger partial charge in [0.15, 0.2) is 0 Å². The molecule has 1 N–H and O–H groups in total. The highest BCUT2D eigenvalue weighted by atomic mass is 16.2. The highest BCUT2D eigenvalue weighted by Crippen LogP contribution is 2.20. The van der Waals surface area contributed by atoms with E-state index in [2.05, 4.69) is 5.32 Å². The summed E-state index contributed by atoms with van der Waals surface area (Å²) in [6, 6.07) is 3.89. The summed E-state index contributed by atoms with van der Waals surface area (Å²) in [7, 11) is 0. The normalized spacial score (nSPS) is 27.4. The molecule has 1 atom stereocenters. The number of rotatable bonds is 1. The lowest BCUT2D eigenvalue weighted by Gasteiger charge is -2.33.